The molecule has 0 bridgehead atoms. The van der Waals surface area contributed by atoms with E-state index in [-0.39, 0.29) is 31.1 Å². The lowest BCUT2D eigenvalue weighted by molar-refractivity contribution is -0.137. The van der Waals surface area contributed by atoms with Crippen molar-refractivity contribution < 1.29 is 23.9 Å². The maximum Gasteiger partial charge on any atom is 0.245 e. The highest BCUT2D eigenvalue weighted by molar-refractivity contribution is 5.98. The Labute approximate surface area is 197 Å². The molecule has 2 aliphatic heterocycles. The van der Waals surface area contributed by atoms with Crippen molar-refractivity contribution in [1.29, 1.82) is 0 Å². The van der Waals surface area contributed by atoms with Crippen molar-refractivity contribution in [1.82, 2.24) is 10.2 Å². The molecular formula is C25H28N4O5. The highest BCUT2D eigenvalue weighted by Crippen LogP contribution is 2.32. The van der Waals surface area contributed by atoms with Gasteiger partial charge in [0.1, 0.15) is 6.04 Å². The average molecular weight is 465 g/mol. The number of hydrogen-bond donors (Lipinski definition) is 3. The summed E-state index contributed by atoms with van der Waals surface area (Å²) in [6.07, 6.45) is 5.11. The number of likely N-dealkylation sites (tertiary alicyclic amines) is 1. The number of fused-ring (bicyclic) bond motifs is 1. The first-order valence-electron chi connectivity index (χ1n) is 11.3. The number of carbonyl (C=O) groups is 3. The maximum absolute atomic E-state index is 13.0. The van der Waals surface area contributed by atoms with Crippen LogP contribution in [0, 0.1) is 0 Å². The van der Waals surface area contributed by atoms with Gasteiger partial charge in [-0.3, -0.25) is 14.4 Å². The standard InChI is InChI=1S/C25H28N4O5/c26-14-18-4-3-5-19(12-18)27-24(31)15-29-11-2-1-6-20(25(29)32)28-23(30)10-8-17-7-9-21-22(13-17)34-16-33-21/h3-5,7-10,12-13,20H,1-2,6,11,14-16,26H2,(H,27,31)(H,28,30). The molecule has 9 nitrogen and oxygen atoms in total. The Morgan fingerprint density at radius 3 is 2.82 bits per heavy atom. The lowest BCUT2D eigenvalue weighted by atomic mass is 10.1. The summed E-state index contributed by atoms with van der Waals surface area (Å²) in [7, 11) is 0. The average Bonchev–Trinajstić information content (AvgIpc) is 3.24. The van der Waals surface area contributed by atoms with Gasteiger partial charge in [-0.25, -0.2) is 0 Å². The molecule has 2 aromatic carbocycles. The zero-order chi connectivity index (χ0) is 23.9. The van der Waals surface area contributed by atoms with Crippen molar-refractivity contribution in [2.75, 3.05) is 25.2 Å². The number of anilines is 1. The van der Waals surface area contributed by atoms with Crippen molar-refractivity contribution in [3.8, 4) is 11.5 Å². The van der Waals surface area contributed by atoms with Gasteiger partial charge in [0, 0.05) is 24.9 Å². The summed E-state index contributed by atoms with van der Waals surface area (Å²) >= 11 is 0. The van der Waals surface area contributed by atoms with Gasteiger partial charge in [-0.1, -0.05) is 18.2 Å². The van der Waals surface area contributed by atoms with Crippen LogP contribution in [-0.2, 0) is 20.9 Å². The summed E-state index contributed by atoms with van der Waals surface area (Å²) in [6, 6.07) is 12.0. The Balaban J connectivity index is 1.33. The van der Waals surface area contributed by atoms with Gasteiger partial charge >= 0.3 is 0 Å². The minimum absolute atomic E-state index is 0.0783. The topological polar surface area (TPSA) is 123 Å². The van der Waals surface area contributed by atoms with E-state index in [1.165, 1.54) is 11.0 Å². The van der Waals surface area contributed by atoms with Gasteiger partial charge in [0.25, 0.3) is 0 Å². The van der Waals surface area contributed by atoms with Crippen molar-refractivity contribution in [3.05, 3.63) is 59.7 Å². The van der Waals surface area contributed by atoms with Crippen LogP contribution in [0.1, 0.15) is 30.4 Å². The molecule has 2 aliphatic rings. The Bertz CT molecular complexity index is 1100. The third-order valence-electron chi connectivity index (χ3n) is 5.70. The van der Waals surface area contributed by atoms with Gasteiger partial charge in [-0.2, -0.15) is 0 Å². The van der Waals surface area contributed by atoms with E-state index in [4.69, 9.17) is 15.2 Å². The largest absolute Gasteiger partial charge is 0.454 e. The van der Waals surface area contributed by atoms with Crippen molar-refractivity contribution >= 4 is 29.5 Å². The predicted octanol–water partition coefficient (Wildman–Crippen LogP) is 2.02. The SMILES string of the molecule is NCc1cccc(NC(=O)CN2CCCCC(NC(=O)C=Cc3ccc4c(c3)OCO4)C2=O)c1. The summed E-state index contributed by atoms with van der Waals surface area (Å²) < 4.78 is 10.6. The van der Waals surface area contributed by atoms with Crippen LogP contribution in [0.15, 0.2) is 48.5 Å². The molecule has 1 atom stereocenters. The molecule has 2 aromatic rings. The molecule has 0 spiro atoms. The Kier molecular flexibility index (Phi) is 7.44. The van der Waals surface area contributed by atoms with E-state index in [2.05, 4.69) is 10.6 Å². The molecule has 1 saturated heterocycles. The van der Waals surface area contributed by atoms with E-state index in [9.17, 15) is 14.4 Å². The van der Waals surface area contributed by atoms with Crippen molar-refractivity contribution in [2.24, 2.45) is 5.73 Å². The second-order valence-electron chi connectivity index (χ2n) is 8.22. The summed E-state index contributed by atoms with van der Waals surface area (Å²) in [5.41, 5.74) is 7.97. The molecule has 1 fully saturated rings. The maximum atomic E-state index is 13.0. The minimum Gasteiger partial charge on any atom is -0.454 e. The molecule has 2 heterocycles. The quantitative estimate of drug-likeness (QED) is 0.539. The molecule has 0 saturated carbocycles. The van der Waals surface area contributed by atoms with E-state index in [1.54, 1.807) is 30.3 Å². The number of benzene rings is 2. The third-order valence-corrected chi connectivity index (χ3v) is 5.70. The molecule has 4 N–H and O–H groups in total. The number of ether oxygens (including phenoxy) is 2. The fourth-order valence-corrected chi connectivity index (χ4v) is 3.95. The van der Waals surface area contributed by atoms with Crippen LogP contribution in [0.4, 0.5) is 5.69 Å². The molecule has 34 heavy (non-hydrogen) atoms. The summed E-state index contributed by atoms with van der Waals surface area (Å²) in [5, 5.41) is 5.59. The van der Waals surface area contributed by atoms with Crippen LogP contribution < -0.4 is 25.8 Å². The van der Waals surface area contributed by atoms with Gasteiger partial charge in [0.2, 0.25) is 24.5 Å². The van der Waals surface area contributed by atoms with Crippen LogP contribution >= 0.6 is 0 Å². The zero-order valence-electron chi connectivity index (χ0n) is 18.8. The summed E-state index contributed by atoms with van der Waals surface area (Å²) in [6.45, 7) is 0.944. The lowest BCUT2D eigenvalue weighted by Gasteiger charge is -2.24. The molecular weight excluding hydrogens is 436 g/mol. The van der Waals surface area contributed by atoms with E-state index >= 15 is 0 Å². The van der Waals surface area contributed by atoms with Crippen LogP contribution in [-0.4, -0.2) is 48.5 Å². The van der Waals surface area contributed by atoms with Gasteiger partial charge in [-0.15, -0.1) is 0 Å². The molecule has 0 radical (unpaired) electrons. The Hall–Kier alpha value is -3.85. The van der Waals surface area contributed by atoms with Crippen LogP contribution in [0.3, 0.4) is 0 Å². The Morgan fingerprint density at radius 2 is 1.97 bits per heavy atom. The van der Waals surface area contributed by atoms with Gasteiger partial charge in [0.05, 0.1) is 6.54 Å². The first-order chi connectivity index (χ1) is 16.5. The van der Waals surface area contributed by atoms with Gasteiger partial charge in [-0.05, 0) is 60.7 Å². The fourth-order valence-electron chi connectivity index (χ4n) is 3.95. The normalized spacial score (nSPS) is 17.5. The number of carbonyl (C=O) groups excluding carboxylic acids is 3. The van der Waals surface area contributed by atoms with E-state index in [1.807, 2.05) is 18.2 Å². The number of nitrogens with two attached hydrogens (primary N) is 1. The van der Waals surface area contributed by atoms with Crippen LogP contribution in [0.5, 0.6) is 11.5 Å². The van der Waals surface area contributed by atoms with Crippen molar-refractivity contribution in [3.63, 3.8) is 0 Å². The van der Waals surface area contributed by atoms with Gasteiger partial charge < -0.3 is 30.7 Å². The molecule has 3 amide bonds. The molecule has 0 aromatic heterocycles. The Morgan fingerprint density at radius 1 is 1.12 bits per heavy atom. The summed E-state index contributed by atoms with van der Waals surface area (Å²) in [5.74, 6) is 0.373. The van der Waals surface area contributed by atoms with E-state index in [0.29, 0.717) is 36.7 Å². The number of rotatable bonds is 7. The first kappa shape index (κ1) is 23.3. The predicted molar refractivity (Wildman–Crippen MR) is 127 cm³/mol. The number of amides is 3. The van der Waals surface area contributed by atoms with Crippen LogP contribution in [0.25, 0.3) is 6.08 Å². The lowest BCUT2D eigenvalue weighted by Crippen LogP contribution is -2.49. The third kappa shape index (κ3) is 5.93. The highest BCUT2D eigenvalue weighted by Gasteiger charge is 2.29. The molecule has 4 rings (SSSR count). The highest BCUT2D eigenvalue weighted by atomic mass is 16.7. The molecule has 0 aliphatic carbocycles. The van der Waals surface area contributed by atoms with Crippen LogP contribution in [0.2, 0.25) is 0 Å². The molecule has 1 unspecified atom stereocenters. The minimum atomic E-state index is -0.676. The second-order valence-corrected chi connectivity index (χ2v) is 8.22. The van der Waals surface area contributed by atoms with Crippen molar-refractivity contribution in [2.45, 2.75) is 31.8 Å². The number of nitrogens with zero attached hydrogens (tertiary/aromatic N) is 1. The smallest absolute Gasteiger partial charge is 0.245 e. The molecule has 9 heteroatoms. The van der Waals surface area contributed by atoms with E-state index in [0.717, 1.165) is 24.0 Å². The fraction of sp³-hybridized carbons (Fsp3) is 0.320. The zero-order valence-corrected chi connectivity index (χ0v) is 18.8. The van der Waals surface area contributed by atoms with Gasteiger partial charge in [0.15, 0.2) is 11.5 Å². The second kappa shape index (κ2) is 10.8. The number of nitrogens with one attached hydrogen (secondary N) is 2. The monoisotopic (exact) mass is 464 g/mol. The molecule has 178 valence electrons. The summed E-state index contributed by atoms with van der Waals surface area (Å²) in [4.78, 5) is 39.6. The number of hydrogen-bond acceptors (Lipinski definition) is 6. The van der Waals surface area contributed by atoms with E-state index < -0.39 is 6.04 Å². The first-order valence-corrected chi connectivity index (χ1v) is 11.3.